The van der Waals surface area contributed by atoms with Gasteiger partial charge in [0.1, 0.15) is 11.3 Å². The molecule has 0 radical (unpaired) electrons. The number of hydrogen-bond acceptors (Lipinski definition) is 3. The Hall–Kier alpha value is -1.77. The van der Waals surface area contributed by atoms with Crippen LogP contribution < -0.4 is 0 Å². The molecule has 80 valence electrons. The largest absolute Gasteiger partial charge is 0.507 e. The van der Waals surface area contributed by atoms with Crippen molar-refractivity contribution in [3.8, 4) is 5.75 Å². The van der Waals surface area contributed by atoms with Crippen molar-refractivity contribution in [1.29, 1.82) is 0 Å². The molecule has 3 nitrogen and oxygen atoms in total. The van der Waals surface area contributed by atoms with Crippen molar-refractivity contribution in [1.82, 2.24) is 0 Å². The number of phenolic OH excluding ortho intramolecular Hbond substituents is 1. The molecule has 0 fully saturated rings. The van der Waals surface area contributed by atoms with Crippen molar-refractivity contribution < 1.29 is 14.6 Å². The van der Waals surface area contributed by atoms with E-state index in [0.29, 0.717) is 12.0 Å². The zero-order valence-corrected chi connectivity index (χ0v) is 8.91. The summed E-state index contributed by atoms with van der Waals surface area (Å²) in [6.07, 6.45) is 2.40. The molecule has 0 bridgehead atoms. The van der Waals surface area contributed by atoms with Gasteiger partial charge in [0, 0.05) is 0 Å². The lowest BCUT2D eigenvalue weighted by Crippen LogP contribution is -2.03. The van der Waals surface area contributed by atoms with Crippen LogP contribution in [0.3, 0.4) is 0 Å². The quantitative estimate of drug-likeness (QED) is 0.609. The Kier molecular flexibility index (Phi) is 3.50. The molecule has 0 saturated heterocycles. The fourth-order valence-electron chi connectivity index (χ4n) is 1.40. The zero-order chi connectivity index (χ0) is 11.4. The van der Waals surface area contributed by atoms with Gasteiger partial charge in [-0.2, -0.15) is 0 Å². The lowest BCUT2D eigenvalue weighted by Gasteiger charge is -2.08. The molecular formula is C12H14O3. The number of carbonyl (C=O) groups excluding carboxylic acids is 1. The van der Waals surface area contributed by atoms with Crippen LogP contribution in [0.2, 0.25) is 0 Å². The average Bonchev–Trinajstić information content (AvgIpc) is 2.22. The minimum atomic E-state index is -0.526. The van der Waals surface area contributed by atoms with Gasteiger partial charge >= 0.3 is 5.97 Å². The Morgan fingerprint density at radius 2 is 2.27 bits per heavy atom. The second kappa shape index (κ2) is 4.64. The second-order valence-electron chi connectivity index (χ2n) is 3.29. The van der Waals surface area contributed by atoms with Gasteiger partial charge in [0.15, 0.2) is 0 Å². The number of rotatable bonds is 3. The Bertz CT molecular complexity index is 394. The van der Waals surface area contributed by atoms with Crippen LogP contribution in [0.15, 0.2) is 24.8 Å². The number of benzene rings is 1. The molecule has 0 atom stereocenters. The Morgan fingerprint density at radius 1 is 1.60 bits per heavy atom. The topological polar surface area (TPSA) is 46.5 Å². The minimum absolute atomic E-state index is 0.0188. The molecular weight excluding hydrogens is 192 g/mol. The summed E-state index contributed by atoms with van der Waals surface area (Å²) in [6, 6.07) is 3.44. The summed E-state index contributed by atoms with van der Waals surface area (Å²) in [5.74, 6) is -0.545. The van der Waals surface area contributed by atoms with Crippen molar-refractivity contribution in [2.24, 2.45) is 0 Å². The summed E-state index contributed by atoms with van der Waals surface area (Å²) in [6.45, 7) is 5.37. The predicted molar refractivity (Wildman–Crippen MR) is 58.1 cm³/mol. The van der Waals surface area contributed by atoms with E-state index in [2.05, 4.69) is 11.3 Å². The maximum Gasteiger partial charge on any atom is 0.341 e. The minimum Gasteiger partial charge on any atom is -0.507 e. The van der Waals surface area contributed by atoms with Gasteiger partial charge in [0.05, 0.1) is 7.11 Å². The summed E-state index contributed by atoms with van der Waals surface area (Å²) >= 11 is 0. The van der Waals surface area contributed by atoms with Gasteiger partial charge in [-0.25, -0.2) is 4.79 Å². The van der Waals surface area contributed by atoms with E-state index >= 15 is 0 Å². The number of aromatic hydroxyl groups is 1. The van der Waals surface area contributed by atoms with Crippen molar-refractivity contribution in [3.63, 3.8) is 0 Å². The second-order valence-corrected chi connectivity index (χ2v) is 3.29. The van der Waals surface area contributed by atoms with E-state index in [1.807, 2.05) is 6.07 Å². The van der Waals surface area contributed by atoms with Gasteiger partial charge in [0.25, 0.3) is 0 Å². The van der Waals surface area contributed by atoms with Crippen LogP contribution in [-0.4, -0.2) is 18.2 Å². The van der Waals surface area contributed by atoms with E-state index in [4.69, 9.17) is 0 Å². The van der Waals surface area contributed by atoms with E-state index in [-0.39, 0.29) is 11.3 Å². The van der Waals surface area contributed by atoms with Gasteiger partial charge in [-0.3, -0.25) is 0 Å². The first-order chi connectivity index (χ1) is 7.10. The van der Waals surface area contributed by atoms with E-state index in [1.54, 1.807) is 19.1 Å². The van der Waals surface area contributed by atoms with Gasteiger partial charge < -0.3 is 9.84 Å². The van der Waals surface area contributed by atoms with Crippen molar-refractivity contribution in [2.75, 3.05) is 7.11 Å². The summed E-state index contributed by atoms with van der Waals surface area (Å²) in [7, 11) is 1.29. The van der Waals surface area contributed by atoms with E-state index in [9.17, 15) is 9.90 Å². The molecule has 1 aromatic carbocycles. The van der Waals surface area contributed by atoms with Crippen LogP contribution >= 0.6 is 0 Å². The molecule has 0 amide bonds. The molecule has 0 spiro atoms. The Balaban J connectivity index is 3.24. The normalized spacial score (nSPS) is 9.73. The van der Waals surface area contributed by atoms with Gasteiger partial charge in [0.2, 0.25) is 0 Å². The molecule has 0 aliphatic carbocycles. The molecule has 3 heteroatoms. The predicted octanol–water partition coefficient (Wildman–Crippen LogP) is 2.22. The highest BCUT2D eigenvalue weighted by molar-refractivity contribution is 5.93. The van der Waals surface area contributed by atoms with Crippen LogP contribution in [0, 0.1) is 6.92 Å². The molecule has 15 heavy (non-hydrogen) atoms. The lowest BCUT2D eigenvalue weighted by atomic mass is 10.0. The van der Waals surface area contributed by atoms with Crippen molar-refractivity contribution in [3.05, 3.63) is 41.5 Å². The summed E-state index contributed by atoms with van der Waals surface area (Å²) in [5, 5.41) is 9.67. The van der Waals surface area contributed by atoms with Crippen molar-refractivity contribution in [2.45, 2.75) is 13.3 Å². The number of carbonyl (C=O) groups is 1. The monoisotopic (exact) mass is 206 g/mol. The molecule has 1 N–H and O–H groups in total. The van der Waals surface area contributed by atoms with Gasteiger partial charge in [-0.15, -0.1) is 6.58 Å². The van der Waals surface area contributed by atoms with Gasteiger partial charge in [-0.05, 0) is 30.5 Å². The molecule has 1 rings (SSSR count). The fraction of sp³-hybridized carbons (Fsp3) is 0.250. The number of methoxy groups -OCH3 is 1. The standard InChI is InChI=1S/C12H14O3/c1-4-5-9-6-8(2)11(13)10(7-9)12(14)15-3/h4,6-7,13H,1,5H2,2-3H3. The molecule has 0 aliphatic heterocycles. The van der Waals surface area contributed by atoms with Gasteiger partial charge in [-0.1, -0.05) is 12.1 Å². The van der Waals surface area contributed by atoms with Crippen LogP contribution in [0.5, 0.6) is 5.75 Å². The van der Waals surface area contributed by atoms with E-state index < -0.39 is 5.97 Å². The first-order valence-electron chi connectivity index (χ1n) is 4.61. The highest BCUT2D eigenvalue weighted by atomic mass is 16.5. The smallest absolute Gasteiger partial charge is 0.341 e. The van der Waals surface area contributed by atoms with Crippen LogP contribution in [-0.2, 0) is 11.2 Å². The van der Waals surface area contributed by atoms with E-state index in [1.165, 1.54) is 7.11 Å². The van der Waals surface area contributed by atoms with Crippen molar-refractivity contribution >= 4 is 5.97 Å². The third-order valence-electron chi connectivity index (χ3n) is 2.15. The SMILES string of the molecule is C=CCc1cc(C)c(O)c(C(=O)OC)c1. The maximum atomic E-state index is 11.3. The van der Waals surface area contributed by atoms with Crippen LogP contribution in [0.1, 0.15) is 21.5 Å². The lowest BCUT2D eigenvalue weighted by molar-refractivity contribution is 0.0597. The summed E-state index contributed by atoms with van der Waals surface area (Å²) in [4.78, 5) is 11.3. The first kappa shape index (κ1) is 11.3. The number of esters is 1. The summed E-state index contributed by atoms with van der Waals surface area (Å²) in [5.41, 5.74) is 1.80. The first-order valence-corrected chi connectivity index (χ1v) is 4.61. The zero-order valence-electron chi connectivity index (χ0n) is 8.91. The number of hydrogen-bond donors (Lipinski definition) is 1. The number of ether oxygens (including phenoxy) is 1. The number of aryl methyl sites for hydroxylation is 1. The maximum absolute atomic E-state index is 11.3. The number of allylic oxidation sites excluding steroid dienone is 1. The number of phenols is 1. The third-order valence-corrected chi connectivity index (χ3v) is 2.15. The molecule has 0 unspecified atom stereocenters. The Morgan fingerprint density at radius 3 is 2.80 bits per heavy atom. The Labute approximate surface area is 89.0 Å². The highest BCUT2D eigenvalue weighted by Gasteiger charge is 2.14. The van der Waals surface area contributed by atoms with Crippen LogP contribution in [0.25, 0.3) is 0 Å². The molecule has 0 aliphatic rings. The third kappa shape index (κ3) is 2.37. The molecule has 0 heterocycles. The molecule has 0 saturated carbocycles. The van der Waals surface area contributed by atoms with E-state index in [0.717, 1.165) is 5.56 Å². The fourth-order valence-corrected chi connectivity index (χ4v) is 1.40. The molecule has 0 aromatic heterocycles. The average molecular weight is 206 g/mol. The highest BCUT2D eigenvalue weighted by Crippen LogP contribution is 2.24. The summed E-state index contributed by atoms with van der Waals surface area (Å²) < 4.78 is 4.58. The van der Waals surface area contributed by atoms with Crippen LogP contribution in [0.4, 0.5) is 0 Å². The molecule has 1 aromatic rings.